The van der Waals surface area contributed by atoms with Crippen LogP contribution in [0.3, 0.4) is 0 Å². The molecular weight excluding hydrogens is 346 g/mol. The number of amides is 1. The van der Waals surface area contributed by atoms with Crippen LogP contribution in [0.2, 0.25) is 0 Å². The third-order valence-corrected chi connectivity index (χ3v) is 7.28. The normalized spacial score (nSPS) is 35.6. The highest BCUT2D eigenvalue weighted by Gasteiger charge is 2.68. The number of hydrogen-bond acceptors (Lipinski definition) is 4. The first-order valence-corrected chi connectivity index (χ1v) is 9.86. The first-order valence-electron chi connectivity index (χ1n) is 9.86. The fourth-order valence-corrected chi connectivity index (χ4v) is 5.72. The van der Waals surface area contributed by atoms with E-state index in [1.807, 2.05) is 24.3 Å². The molecule has 144 valence electrons. The second-order valence-corrected chi connectivity index (χ2v) is 8.88. The summed E-state index contributed by atoms with van der Waals surface area (Å²) in [5.74, 6) is 0.107. The number of ether oxygens (including phenoxy) is 2. The Morgan fingerprint density at radius 1 is 1.04 bits per heavy atom. The summed E-state index contributed by atoms with van der Waals surface area (Å²) < 4.78 is 11.9. The van der Waals surface area contributed by atoms with Crippen LogP contribution in [0.25, 0.3) is 0 Å². The van der Waals surface area contributed by atoms with Gasteiger partial charge in [0.25, 0.3) is 0 Å². The van der Waals surface area contributed by atoms with E-state index in [9.17, 15) is 14.7 Å². The van der Waals surface area contributed by atoms with Crippen molar-refractivity contribution in [2.45, 2.75) is 56.6 Å². The van der Waals surface area contributed by atoms with E-state index in [2.05, 4.69) is 5.32 Å². The lowest BCUT2D eigenvalue weighted by atomic mass is 9.59. The van der Waals surface area contributed by atoms with E-state index < -0.39 is 16.8 Å². The standard InChI is InChI=1S/C21H25NO5/c23-17(19-5-6-20(12-19,13-19)18(24)25)22-15-11-21(7-9-26-10-8-21)27-16-4-2-1-3-14(15)16/h1-4,15H,5-13H2,(H,22,23)(H,24,25). The molecule has 3 aliphatic carbocycles. The van der Waals surface area contributed by atoms with Gasteiger partial charge in [-0.05, 0) is 31.7 Å². The highest BCUT2D eigenvalue weighted by Crippen LogP contribution is 2.67. The van der Waals surface area contributed by atoms with Crippen molar-refractivity contribution in [1.82, 2.24) is 5.32 Å². The number of aliphatic carboxylic acids is 1. The number of carboxylic acids is 1. The first kappa shape index (κ1) is 17.0. The molecule has 27 heavy (non-hydrogen) atoms. The number of nitrogens with one attached hydrogen (secondary N) is 1. The molecule has 1 aromatic rings. The Bertz CT molecular complexity index is 792. The van der Waals surface area contributed by atoms with Gasteiger partial charge in [-0.2, -0.15) is 0 Å². The molecule has 2 heterocycles. The van der Waals surface area contributed by atoms with Crippen molar-refractivity contribution < 1.29 is 24.2 Å². The molecule has 2 N–H and O–H groups in total. The maximum absolute atomic E-state index is 13.1. The molecular formula is C21H25NO5. The van der Waals surface area contributed by atoms with Gasteiger partial charge in [-0.15, -0.1) is 0 Å². The Kier molecular flexibility index (Phi) is 3.60. The third-order valence-electron chi connectivity index (χ3n) is 7.28. The minimum atomic E-state index is -0.749. The average molecular weight is 371 g/mol. The third kappa shape index (κ3) is 2.49. The van der Waals surface area contributed by atoms with E-state index >= 15 is 0 Å². The fraction of sp³-hybridized carbons (Fsp3) is 0.619. The van der Waals surface area contributed by atoms with Gasteiger partial charge in [0.1, 0.15) is 11.4 Å². The number of carbonyl (C=O) groups is 2. The van der Waals surface area contributed by atoms with E-state index in [0.717, 1.165) is 30.6 Å². The Hall–Kier alpha value is -2.08. The molecule has 1 unspecified atom stereocenters. The molecule has 5 aliphatic rings. The van der Waals surface area contributed by atoms with Crippen LogP contribution in [-0.2, 0) is 14.3 Å². The first-order chi connectivity index (χ1) is 13.0. The van der Waals surface area contributed by atoms with Gasteiger partial charge in [0.15, 0.2) is 0 Å². The molecule has 1 atom stereocenters. The zero-order valence-corrected chi connectivity index (χ0v) is 15.3. The predicted octanol–water partition coefficient (Wildman–Crippen LogP) is 2.82. The molecule has 1 saturated heterocycles. The molecule has 0 aromatic heterocycles. The van der Waals surface area contributed by atoms with Crippen molar-refractivity contribution in [2.75, 3.05) is 13.2 Å². The van der Waals surface area contributed by atoms with Crippen molar-refractivity contribution in [1.29, 1.82) is 0 Å². The molecule has 1 aromatic carbocycles. The van der Waals surface area contributed by atoms with Gasteiger partial charge in [0.2, 0.25) is 5.91 Å². The molecule has 6 heteroatoms. The highest BCUT2D eigenvalue weighted by molar-refractivity contribution is 5.90. The lowest BCUT2D eigenvalue weighted by Crippen LogP contribution is -2.54. The Morgan fingerprint density at radius 2 is 1.74 bits per heavy atom. The summed E-state index contributed by atoms with van der Waals surface area (Å²) in [6.07, 6.45) is 4.62. The van der Waals surface area contributed by atoms with E-state index in [4.69, 9.17) is 9.47 Å². The van der Waals surface area contributed by atoms with Crippen molar-refractivity contribution >= 4 is 11.9 Å². The summed E-state index contributed by atoms with van der Waals surface area (Å²) in [6, 6.07) is 7.81. The molecule has 6 rings (SSSR count). The van der Waals surface area contributed by atoms with Gasteiger partial charge in [-0.25, -0.2) is 0 Å². The van der Waals surface area contributed by atoms with Crippen LogP contribution in [0, 0.1) is 10.8 Å². The van der Waals surface area contributed by atoms with Crippen molar-refractivity contribution in [3.63, 3.8) is 0 Å². The summed E-state index contributed by atoms with van der Waals surface area (Å²) in [7, 11) is 0. The smallest absolute Gasteiger partial charge is 0.309 e. The van der Waals surface area contributed by atoms with Crippen molar-refractivity contribution in [3.05, 3.63) is 29.8 Å². The van der Waals surface area contributed by atoms with Crippen LogP contribution < -0.4 is 10.1 Å². The molecule has 6 nitrogen and oxygen atoms in total. The Labute approximate surface area is 158 Å². The van der Waals surface area contributed by atoms with Gasteiger partial charge >= 0.3 is 5.97 Å². The largest absolute Gasteiger partial charge is 0.487 e. The number of carboxylic acid groups (broad SMARTS) is 1. The number of hydrogen-bond donors (Lipinski definition) is 2. The predicted molar refractivity (Wildman–Crippen MR) is 96.3 cm³/mol. The molecule has 4 fully saturated rings. The lowest BCUT2D eigenvalue weighted by Gasteiger charge is -2.47. The van der Waals surface area contributed by atoms with Crippen LogP contribution in [0.1, 0.15) is 56.6 Å². The molecule has 0 radical (unpaired) electrons. The number of carbonyl (C=O) groups excluding carboxylic acids is 1. The number of benzene rings is 1. The molecule has 2 bridgehead atoms. The average Bonchev–Trinajstić information content (AvgIpc) is 3.21. The van der Waals surface area contributed by atoms with Crippen LogP contribution in [-0.4, -0.2) is 35.8 Å². The Balaban J connectivity index is 1.38. The minimum Gasteiger partial charge on any atom is -0.487 e. The van der Waals surface area contributed by atoms with Crippen LogP contribution in [0.15, 0.2) is 24.3 Å². The van der Waals surface area contributed by atoms with E-state index in [1.54, 1.807) is 0 Å². The van der Waals surface area contributed by atoms with Gasteiger partial charge in [-0.3, -0.25) is 9.59 Å². The van der Waals surface area contributed by atoms with Crippen molar-refractivity contribution in [3.8, 4) is 5.75 Å². The van der Waals surface area contributed by atoms with Gasteiger partial charge in [0, 0.05) is 24.8 Å². The van der Waals surface area contributed by atoms with Crippen molar-refractivity contribution in [2.24, 2.45) is 10.8 Å². The molecule has 1 amide bonds. The van der Waals surface area contributed by atoms with E-state index in [-0.39, 0.29) is 17.6 Å². The zero-order chi connectivity index (χ0) is 18.7. The Morgan fingerprint density at radius 3 is 2.44 bits per heavy atom. The monoisotopic (exact) mass is 371 g/mol. The minimum absolute atomic E-state index is 0.0146. The maximum Gasteiger partial charge on any atom is 0.309 e. The molecule has 3 saturated carbocycles. The zero-order valence-electron chi connectivity index (χ0n) is 15.3. The van der Waals surface area contributed by atoms with E-state index in [0.29, 0.717) is 38.9 Å². The summed E-state index contributed by atoms with van der Waals surface area (Å²) >= 11 is 0. The summed E-state index contributed by atoms with van der Waals surface area (Å²) in [4.78, 5) is 24.7. The van der Waals surface area contributed by atoms with Gasteiger partial charge < -0.3 is 19.9 Å². The number of rotatable bonds is 3. The topological polar surface area (TPSA) is 84.9 Å². The van der Waals surface area contributed by atoms with Crippen LogP contribution in [0.4, 0.5) is 0 Å². The summed E-state index contributed by atoms with van der Waals surface area (Å²) in [6.45, 7) is 1.35. The number of fused-ring (bicyclic) bond motifs is 2. The van der Waals surface area contributed by atoms with Gasteiger partial charge in [0.05, 0.1) is 30.1 Å². The number of para-hydroxylation sites is 1. The second-order valence-electron chi connectivity index (χ2n) is 8.88. The lowest BCUT2D eigenvalue weighted by molar-refractivity contribution is -0.160. The van der Waals surface area contributed by atoms with E-state index in [1.165, 1.54) is 0 Å². The van der Waals surface area contributed by atoms with Crippen LogP contribution in [0.5, 0.6) is 5.75 Å². The summed E-state index contributed by atoms with van der Waals surface area (Å²) in [5.41, 5.74) is -0.426. The molecule has 2 aliphatic heterocycles. The second kappa shape index (κ2) is 5.71. The SMILES string of the molecule is O=C(O)C12CCC(C(=O)NC3CC4(CCOCC4)Oc4ccccc43)(C1)C2. The maximum atomic E-state index is 13.1. The van der Waals surface area contributed by atoms with Crippen LogP contribution >= 0.6 is 0 Å². The highest BCUT2D eigenvalue weighted by atomic mass is 16.5. The molecule has 1 spiro atoms. The van der Waals surface area contributed by atoms with Gasteiger partial charge in [-0.1, -0.05) is 18.2 Å². The quantitative estimate of drug-likeness (QED) is 0.853. The summed E-state index contributed by atoms with van der Waals surface area (Å²) in [5, 5.41) is 12.7. The fourth-order valence-electron chi connectivity index (χ4n) is 5.72.